The number of urea groups is 1. The molecule has 8 nitrogen and oxygen atoms in total. The second-order valence-electron chi connectivity index (χ2n) is 6.84. The van der Waals surface area contributed by atoms with E-state index >= 15 is 0 Å². The zero-order chi connectivity index (χ0) is 21.5. The van der Waals surface area contributed by atoms with Gasteiger partial charge in [-0.3, -0.25) is 0 Å². The van der Waals surface area contributed by atoms with Gasteiger partial charge in [-0.05, 0) is 29.8 Å². The molecule has 2 aromatic rings. The summed E-state index contributed by atoms with van der Waals surface area (Å²) in [6.45, 7) is 3.14. The minimum atomic E-state index is -0.0940. The lowest BCUT2D eigenvalue weighted by Crippen LogP contribution is -2.51. The third-order valence-electron chi connectivity index (χ3n) is 5.16. The lowest BCUT2D eigenvalue weighted by molar-refractivity contribution is 0.194. The van der Waals surface area contributed by atoms with Crippen LogP contribution in [0.4, 0.5) is 10.5 Å². The zero-order valence-corrected chi connectivity index (χ0v) is 17.9. The molecule has 1 aliphatic heterocycles. The summed E-state index contributed by atoms with van der Waals surface area (Å²) in [5.74, 6) is 2.50. The maximum atomic E-state index is 12.7. The summed E-state index contributed by atoms with van der Waals surface area (Å²) < 4.78 is 21.5. The van der Waals surface area contributed by atoms with Gasteiger partial charge in [-0.25, -0.2) is 4.79 Å². The lowest BCUT2D eigenvalue weighted by atomic mass is 10.1. The van der Waals surface area contributed by atoms with Crippen molar-refractivity contribution in [2.45, 2.75) is 6.54 Å². The van der Waals surface area contributed by atoms with Crippen LogP contribution in [-0.4, -0.2) is 65.5 Å². The number of nitrogens with one attached hydrogen (secondary N) is 1. The monoisotopic (exact) mass is 415 g/mol. The molecule has 162 valence electrons. The Morgan fingerprint density at radius 2 is 1.47 bits per heavy atom. The van der Waals surface area contributed by atoms with Gasteiger partial charge in [0.05, 0.1) is 34.1 Å². The maximum absolute atomic E-state index is 12.7. The van der Waals surface area contributed by atoms with E-state index in [2.05, 4.69) is 10.2 Å². The van der Waals surface area contributed by atoms with Gasteiger partial charge in [0.25, 0.3) is 0 Å². The molecule has 8 heteroatoms. The van der Waals surface area contributed by atoms with Gasteiger partial charge in [0.2, 0.25) is 5.75 Å². The summed E-state index contributed by atoms with van der Waals surface area (Å²) in [4.78, 5) is 16.7. The molecule has 1 heterocycles. The fourth-order valence-corrected chi connectivity index (χ4v) is 3.57. The first kappa shape index (κ1) is 21.4. The first-order valence-electron chi connectivity index (χ1n) is 9.80. The SMILES string of the molecule is COc1ccccc1N1CCN(C(=O)NCc2cc(OC)c(OC)c(OC)c2)CC1. The summed E-state index contributed by atoms with van der Waals surface area (Å²) in [7, 11) is 6.37. The topological polar surface area (TPSA) is 72.5 Å². The Hall–Kier alpha value is -3.29. The molecule has 0 saturated carbocycles. The summed E-state index contributed by atoms with van der Waals surface area (Å²) in [5, 5.41) is 2.98. The quantitative estimate of drug-likeness (QED) is 0.750. The van der Waals surface area contributed by atoms with E-state index in [1.165, 1.54) is 0 Å². The molecule has 1 N–H and O–H groups in total. The van der Waals surface area contributed by atoms with Crippen LogP contribution in [-0.2, 0) is 6.54 Å². The molecular formula is C22H29N3O5. The van der Waals surface area contributed by atoms with Crippen molar-refractivity contribution in [3.8, 4) is 23.0 Å². The molecule has 0 radical (unpaired) electrons. The van der Waals surface area contributed by atoms with Crippen LogP contribution in [0.15, 0.2) is 36.4 Å². The number of anilines is 1. The molecular weight excluding hydrogens is 386 g/mol. The lowest BCUT2D eigenvalue weighted by Gasteiger charge is -2.36. The Balaban J connectivity index is 1.58. The normalized spacial score (nSPS) is 13.6. The van der Waals surface area contributed by atoms with Gasteiger partial charge in [-0.1, -0.05) is 12.1 Å². The van der Waals surface area contributed by atoms with Crippen LogP contribution < -0.4 is 29.2 Å². The third-order valence-corrected chi connectivity index (χ3v) is 5.16. The maximum Gasteiger partial charge on any atom is 0.317 e. The van der Waals surface area contributed by atoms with Crippen LogP contribution in [0.2, 0.25) is 0 Å². The highest BCUT2D eigenvalue weighted by Crippen LogP contribution is 2.38. The first-order chi connectivity index (χ1) is 14.6. The molecule has 1 saturated heterocycles. The summed E-state index contributed by atoms with van der Waals surface area (Å²) in [5.41, 5.74) is 1.92. The summed E-state index contributed by atoms with van der Waals surface area (Å²) >= 11 is 0. The summed E-state index contributed by atoms with van der Waals surface area (Å²) in [6, 6.07) is 11.5. The van der Waals surface area contributed by atoms with E-state index in [0.29, 0.717) is 36.9 Å². The van der Waals surface area contributed by atoms with Crippen molar-refractivity contribution in [1.29, 1.82) is 0 Å². The Labute approximate surface area is 177 Å². The van der Waals surface area contributed by atoms with E-state index in [-0.39, 0.29) is 6.03 Å². The van der Waals surface area contributed by atoms with Crippen molar-refractivity contribution in [2.75, 3.05) is 59.5 Å². The van der Waals surface area contributed by atoms with Gasteiger partial charge in [-0.15, -0.1) is 0 Å². The molecule has 2 amide bonds. The van der Waals surface area contributed by atoms with Crippen molar-refractivity contribution in [3.63, 3.8) is 0 Å². The van der Waals surface area contributed by atoms with E-state index in [4.69, 9.17) is 18.9 Å². The minimum Gasteiger partial charge on any atom is -0.495 e. The molecule has 0 atom stereocenters. The fourth-order valence-electron chi connectivity index (χ4n) is 3.57. The highest BCUT2D eigenvalue weighted by molar-refractivity contribution is 5.75. The van der Waals surface area contributed by atoms with Crippen LogP contribution in [0.25, 0.3) is 0 Å². The Morgan fingerprint density at radius 3 is 2.03 bits per heavy atom. The number of ether oxygens (including phenoxy) is 4. The largest absolute Gasteiger partial charge is 0.495 e. The number of carbonyl (C=O) groups excluding carboxylic acids is 1. The molecule has 3 rings (SSSR count). The molecule has 0 aromatic heterocycles. The number of piperazine rings is 1. The number of hydrogen-bond acceptors (Lipinski definition) is 6. The minimum absolute atomic E-state index is 0.0940. The molecule has 0 spiro atoms. The molecule has 1 fully saturated rings. The smallest absolute Gasteiger partial charge is 0.317 e. The third kappa shape index (κ3) is 4.64. The molecule has 1 aliphatic rings. The fraction of sp³-hybridized carbons (Fsp3) is 0.409. The van der Waals surface area contributed by atoms with Gasteiger partial charge >= 0.3 is 6.03 Å². The van der Waals surface area contributed by atoms with E-state index in [0.717, 1.165) is 30.1 Å². The van der Waals surface area contributed by atoms with Crippen LogP contribution >= 0.6 is 0 Å². The number of nitrogens with zero attached hydrogens (tertiary/aromatic N) is 2. The molecule has 2 aromatic carbocycles. The van der Waals surface area contributed by atoms with Crippen LogP contribution in [0, 0.1) is 0 Å². The average molecular weight is 415 g/mol. The molecule has 0 unspecified atom stereocenters. The van der Waals surface area contributed by atoms with Gasteiger partial charge in [0.15, 0.2) is 11.5 Å². The first-order valence-corrected chi connectivity index (χ1v) is 9.80. The molecule has 30 heavy (non-hydrogen) atoms. The van der Waals surface area contributed by atoms with E-state index in [9.17, 15) is 4.79 Å². The average Bonchev–Trinajstić information content (AvgIpc) is 2.81. The number of rotatable bonds is 7. The molecule has 0 bridgehead atoms. The van der Waals surface area contributed by atoms with E-state index < -0.39 is 0 Å². The second kappa shape index (κ2) is 9.96. The number of carbonyl (C=O) groups is 1. The van der Waals surface area contributed by atoms with Gasteiger partial charge < -0.3 is 34.1 Å². The standard InChI is InChI=1S/C22H29N3O5/c1-27-18-8-6-5-7-17(18)24-9-11-25(12-10-24)22(26)23-15-16-13-19(28-2)21(30-4)20(14-16)29-3/h5-8,13-14H,9-12,15H2,1-4H3,(H,23,26). The van der Waals surface area contributed by atoms with Crippen molar-refractivity contribution in [1.82, 2.24) is 10.2 Å². The van der Waals surface area contributed by atoms with Gasteiger partial charge in [0.1, 0.15) is 5.75 Å². The summed E-state index contributed by atoms with van der Waals surface area (Å²) in [6.07, 6.45) is 0. The van der Waals surface area contributed by atoms with E-state index in [1.54, 1.807) is 28.4 Å². The number of amides is 2. The molecule has 0 aliphatic carbocycles. The van der Waals surface area contributed by atoms with Gasteiger partial charge in [0, 0.05) is 32.7 Å². The number of methoxy groups -OCH3 is 4. The zero-order valence-electron chi connectivity index (χ0n) is 17.9. The number of para-hydroxylation sites is 2. The van der Waals surface area contributed by atoms with Crippen molar-refractivity contribution >= 4 is 11.7 Å². The highest BCUT2D eigenvalue weighted by atomic mass is 16.5. The van der Waals surface area contributed by atoms with Crippen molar-refractivity contribution < 1.29 is 23.7 Å². The highest BCUT2D eigenvalue weighted by Gasteiger charge is 2.23. The Bertz CT molecular complexity index is 841. The van der Waals surface area contributed by atoms with Crippen molar-refractivity contribution in [2.24, 2.45) is 0 Å². The van der Waals surface area contributed by atoms with E-state index in [1.807, 2.05) is 41.3 Å². The van der Waals surface area contributed by atoms with Crippen LogP contribution in [0.3, 0.4) is 0 Å². The Morgan fingerprint density at radius 1 is 0.867 bits per heavy atom. The second-order valence-corrected chi connectivity index (χ2v) is 6.84. The number of hydrogen-bond donors (Lipinski definition) is 1. The van der Waals surface area contributed by atoms with Crippen LogP contribution in [0.1, 0.15) is 5.56 Å². The van der Waals surface area contributed by atoms with Crippen molar-refractivity contribution in [3.05, 3.63) is 42.0 Å². The Kier molecular flexibility index (Phi) is 7.11. The predicted octanol–water partition coefficient (Wildman–Crippen LogP) is 2.75. The van der Waals surface area contributed by atoms with Crippen LogP contribution in [0.5, 0.6) is 23.0 Å². The van der Waals surface area contributed by atoms with Gasteiger partial charge in [-0.2, -0.15) is 0 Å². The number of benzene rings is 2. The predicted molar refractivity (Wildman–Crippen MR) is 115 cm³/mol.